The maximum Gasteiger partial charge on any atom is 0.296 e. The van der Waals surface area contributed by atoms with E-state index < -0.39 is 20.5 Å². The summed E-state index contributed by atoms with van der Waals surface area (Å²) in [5.41, 5.74) is 0. The molecule has 4 nitrogen and oxygen atoms in total. The van der Waals surface area contributed by atoms with Crippen LogP contribution in [-0.2, 0) is 14.6 Å². The van der Waals surface area contributed by atoms with Crippen molar-refractivity contribution in [3.8, 4) is 11.8 Å². The van der Waals surface area contributed by atoms with Crippen LogP contribution in [0.5, 0.6) is 0 Å². The minimum absolute atomic E-state index is 0.374. The lowest BCUT2D eigenvalue weighted by Crippen LogP contribution is -2.46. The molecule has 84 valence electrons. The predicted octanol–water partition coefficient (Wildman–Crippen LogP) is 0.0916. The Morgan fingerprint density at radius 3 is 2.33 bits per heavy atom. The van der Waals surface area contributed by atoms with Crippen molar-refractivity contribution in [1.29, 1.82) is 0 Å². The largest absolute Gasteiger partial charge is 0.341 e. The number of rotatable bonds is 3. The fraction of sp³-hybridized carbons (Fsp3) is 0.700. The molecule has 0 aromatic rings. The average Bonchev–Trinajstić information content (AvgIpc) is 2.81. The van der Waals surface area contributed by atoms with E-state index >= 15 is 0 Å². The molecule has 1 N–H and O–H groups in total. The van der Waals surface area contributed by atoms with Crippen LogP contribution in [0, 0.1) is 11.8 Å². The van der Waals surface area contributed by atoms with Crippen LogP contribution in [0.15, 0.2) is 0 Å². The van der Waals surface area contributed by atoms with E-state index in [0.717, 1.165) is 0 Å². The topological polar surface area (TPSA) is 63.2 Å². The minimum atomic E-state index is -3.11. The van der Waals surface area contributed by atoms with E-state index in [1.807, 2.05) is 0 Å². The predicted molar refractivity (Wildman–Crippen MR) is 57.9 cm³/mol. The van der Waals surface area contributed by atoms with Crippen molar-refractivity contribution in [3.05, 3.63) is 0 Å². The fourth-order valence-electron chi connectivity index (χ4n) is 1.73. The fourth-order valence-corrected chi connectivity index (χ4v) is 3.27. The lowest BCUT2D eigenvalue weighted by Gasteiger charge is -2.21. The summed E-state index contributed by atoms with van der Waals surface area (Å²) in [6, 6.07) is -0.374. The van der Waals surface area contributed by atoms with Crippen molar-refractivity contribution < 1.29 is 13.2 Å². The average molecular weight is 229 g/mol. The van der Waals surface area contributed by atoms with Crippen LogP contribution in [0.2, 0.25) is 0 Å². The third-order valence-corrected chi connectivity index (χ3v) is 5.10. The second kappa shape index (κ2) is 3.86. The van der Waals surface area contributed by atoms with Gasteiger partial charge in [0.1, 0.15) is 0 Å². The van der Waals surface area contributed by atoms with E-state index in [4.69, 9.17) is 0 Å². The van der Waals surface area contributed by atoms with Gasteiger partial charge in [-0.05, 0) is 32.6 Å². The molecule has 0 saturated heterocycles. The Morgan fingerprint density at radius 2 is 2.00 bits per heavy atom. The lowest BCUT2D eigenvalue weighted by molar-refractivity contribution is -0.116. The summed E-state index contributed by atoms with van der Waals surface area (Å²) in [7, 11) is -3.11. The molecule has 0 aliphatic heterocycles. The van der Waals surface area contributed by atoms with Gasteiger partial charge in [0.25, 0.3) is 5.91 Å². The minimum Gasteiger partial charge on any atom is -0.341 e. The molecule has 0 radical (unpaired) electrons. The Bertz CT molecular complexity index is 423. The second-order valence-electron chi connectivity index (χ2n) is 3.91. The zero-order valence-electron chi connectivity index (χ0n) is 9.12. The Morgan fingerprint density at radius 1 is 1.47 bits per heavy atom. The third kappa shape index (κ3) is 2.32. The third-order valence-electron chi connectivity index (χ3n) is 2.86. The van der Waals surface area contributed by atoms with Gasteiger partial charge in [-0.15, -0.1) is 0 Å². The van der Waals surface area contributed by atoms with Gasteiger partial charge in [-0.2, -0.15) is 0 Å². The summed E-state index contributed by atoms with van der Waals surface area (Å²) >= 11 is 0. The van der Waals surface area contributed by atoms with Gasteiger partial charge in [0.15, 0.2) is 9.84 Å². The number of nitrogens with one attached hydrogen (secondary N) is 1. The van der Waals surface area contributed by atoms with Crippen molar-refractivity contribution in [2.75, 3.05) is 6.26 Å². The molecule has 0 spiro atoms. The molecule has 1 saturated carbocycles. The summed E-state index contributed by atoms with van der Waals surface area (Å²) in [6.45, 7) is 3.27. The number of carbonyl (C=O) groups excluding carboxylic acids is 1. The van der Waals surface area contributed by atoms with Crippen molar-refractivity contribution in [3.63, 3.8) is 0 Å². The first kappa shape index (κ1) is 12.1. The SMILES string of the molecule is CC#CC(=O)NC(C)C1(S(C)(=O)=O)CC1. The van der Waals surface area contributed by atoms with Gasteiger partial charge < -0.3 is 5.32 Å². The Hall–Kier alpha value is -1.02. The standard InChI is InChI=1S/C10H15NO3S/c1-4-5-9(12)11-8(2)10(6-7-10)15(3,13)14/h8H,6-7H2,1-3H3,(H,11,12). The molecule has 1 fully saturated rings. The second-order valence-corrected chi connectivity index (χ2v) is 6.26. The first-order valence-corrected chi connectivity index (χ1v) is 6.65. The highest BCUT2D eigenvalue weighted by Crippen LogP contribution is 2.45. The molecule has 1 atom stereocenters. The number of carbonyl (C=O) groups is 1. The molecule has 1 amide bonds. The number of sulfone groups is 1. The van der Waals surface area contributed by atoms with E-state index in [1.54, 1.807) is 13.8 Å². The Balaban J connectivity index is 2.73. The molecule has 0 heterocycles. The molecule has 5 heteroatoms. The van der Waals surface area contributed by atoms with E-state index in [2.05, 4.69) is 17.2 Å². The zero-order valence-corrected chi connectivity index (χ0v) is 9.94. The number of hydrogen-bond donors (Lipinski definition) is 1. The van der Waals surface area contributed by atoms with Crippen molar-refractivity contribution in [2.24, 2.45) is 0 Å². The zero-order chi connectivity index (χ0) is 11.7. The van der Waals surface area contributed by atoms with Gasteiger partial charge in [0, 0.05) is 12.3 Å². The lowest BCUT2D eigenvalue weighted by atomic mass is 10.2. The quantitative estimate of drug-likeness (QED) is 0.698. The highest BCUT2D eigenvalue weighted by atomic mass is 32.2. The molecule has 1 aliphatic carbocycles. The van der Waals surface area contributed by atoms with E-state index in [9.17, 15) is 13.2 Å². The summed E-state index contributed by atoms with van der Waals surface area (Å²) < 4.78 is 22.3. The van der Waals surface area contributed by atoms with Gasteiger partial charge in [0.05, 0.1) is 4.75 Å². The van der Waals surface area contributed by atoms with Crippen LogP contribution in [0.4, 0.5) is 0 Å². The highest BCUT2D eigenvalue weighted by molar-refractivity contribution is 7.92. The molecule has 0 aromatic carbocycles. The van der Waals surface area contributed by atoms with Crippen LogP contribution in [-0.4, -0.2) is 31.4 Å². The molecule has 15 heavy (non-hydrogen) atoms. The van der Waals surface area contributed by atoms with Crippen LogP contribution in [0.1, 0.15) is 26.7 Å². The van der Waals surface area contributed by atoms with Crippen LogP contribution >= 0.6 is 0 Å². The van der Waals surface area contributed by atoms with Gasteiger partial charge in [-0.3, -0.25) is 4.79 Å². The number of hydrogen-bond acceptors (Lipinski definition) is 3. The van der Waals surface area contributed by atoms with Crippen molar-refractivity contribution >= 4 is 15.7 Å². The molecule has 0 aromatic heterocycles. The molecular formula is C10H15NO3S. The molecular weight excluding hydrogens is 214 g/mol. The van der Waals surface area contributed by atoms with E-state index in [0.29, 0.717) is 12.8 Å². The Labute approximate surface area is 90.4 Å². The normalized spacial score (nSPS) is 19.7. The van der Waals surface area contributed by atoms with Gasteiger partial charge in [0.2, 0.25) is 0 Å². The monoisotopic (exact) mass is 229 g/mol. The van der Waals surface area contributed by atoms with Crippen LogP contribution in [0.3, 0.4) is 0 Å². The smallest absolute Gasteiger partial charge is 0.296 e. The molecule has 1 unspecified atom stereocenters. The van der Waals surface area contributed by atoms with Crippen molar-refractivity contribution in [1.82, 2.24) is 5.32 Å². The Kier molecular flexibility index (Phi) is 3.10. The van der Waals surface area contributed by atoms with Crippen LogP contribution < -0.4 is 5.32 Å². The highest BCUT2D eigenvalue weighted by Gasteiger charge is 2.56. The van der Waals surface area contributed by atoms with Gasteiger partial charge in [-0.1, -0.05) is 5.92 Å². The summed E-state index contributed by atoms with van der Waals surface area (Å²) in [6.07, 6.45) is 2.45. The van der Waals surface area contributed by atoms with Crippen molar-refractivity contribution in [2.45, 2.75) is 37.5 Å². The van der Waals surface area contributed by atoms with Gasteiger partial charge >= 0.3 is 0 Å². The van der Waals surface area contributed by atoms with E-state index in [1.165, 1.54) is 6.26 Å². The maximum atomic E-state index is 11.5. The summed E-state index contributed by atoms with van der Waals surface area (Å²) in [5.74, 6) is 4.39. The van der Waals surface area contributed by atoms with Crippen LogP contribution in [0.25, 0.3) is 0 Å². The molecule has 0 bridgehead atoms. The number of amides is 1. The molecule has 1 aliphatic rings. The maximum absolute atomic E-state index is 11.5. The summed E-state index contributed by atoms with van der Waals surface area (Å²) in [4.78, 5) is 11.2. The first-order chi connectivity index (χ1) is 6.83. The first-order valence-electron chi connectivity index (χ1n) is 4.76. The summed E-state index contributed by atoms with van der Waals surface area (Å²) in [5, 5.41) is 2.60. The van der Waals surface area contributed by atoms with E-state index in [-0.39, 0.29) is 6.04 Å². The van der Waals surface area contributed by atoms with Gasteiger partial charge in [-0.25, -0.2) is 8.42 Å². The molecule has 1 rings (SSSR count).